The number of hydrogen-bond donors (Lipinski definition) is 1. The molecule has 0 saturated heterocycles. The van der Waals surface area contributed by atoms with Gasteiger partial charge in [0.1, 0.15) is 12.4 Å². The number of carbonyl (C=O) groups excluding carboxylic acids is 1. The van der Waals surface area contributed by atoms with Crippen molar-refractivity contribution in [2.75, 3.05) is 0 Å². The van der Waals surface area contributed by atoms with Crippen molar-refractivity contribution in [1.29, 1.82) is 0 Å². The van der Waals surface area contributed by atoms with Crippen molar-refractivity contribution in [1.82, 2.24) is 9.88 Å². The monoisotopic (exact) mass is 282 g/mol. The number of carbonyl (C=O) groups is 1. The van der Waals surface area contributed by atoms with Crippen LogP contribution in [0.15, 0.2) is 60.8 Å². The predicted octanol–water partition coefficient (Wildman–Crippen LogP) is 3.10. The van der Waals surface area contributed by atoms with Crippen LogP contribution in [0.25, 0.3) is 10.9 Å². The van der Waals surface area contributed by atoms with Gasteiger partial charge < -0.3 is 9.88 Å². The average molecular weight is 282 g/mol. The molecule has 0 aliphatic rings. The van der Waals surface area contributed by atoms with Gasteiger partial charge in [0.15, 0.2) is 0 Å². The highest BCUT2D eigenvalue weighted by molar-refractivity contribution is 5.83. The first kappa shape index (κ1) is 13.4. The Hall–Kier alpha value is -2.62. The molecule has 0 atom stereocenters. The van der Waals surface area contributed by atoms with Gasteiger partial charge in [0, 0.05) is 23.6 Å². The summed E-state index contributed by atoms with van der Waals surface area (Å²) in [6.45, 7) is 0.732. The molecule has 4 heteroatoms. The highest BCUT2D eigenvalue weighted by Crippen LogP contribution is 2.16. The molecule has 2 aromatic carbocycles. The lowest BCUT2D eigenvalue weighted by Gasteiger charge is -2.07. The predicted molar refractivity (Wildman–Crippen MR) is 80.2 cm³/mol. The Morgan fingerprint density at radius 2 is 1.90 bits per heavy atom. The number of hydrogen-bond acceptors (Lipinski definition) is 1. The zero-order valence-electron chi connectivity index (χ0n) is 11.4. The lowest BCUT2D eigenvalue weighted by Crippen LogP contribution is -2.26. The normalized spacial score (nSPS) is 10.7. The largest absolute Gasteiger partial charge is 0.350 e. The Morgan fingerprint density at radius 1 is 1.10 bits per heavy atom. The second kappa shape index (κ2) is 5.79. The average Bonchev–Trinajstić information content (AvgIpc) is 2.88. The molecular formula is C17H15FN2O. The number of halogens is 1. The van der Waals surface area contributed by atoms with Crippen molar-refractivity contribution < 1.29 is 9.18 Å². The van der Waals surface area contributed by atoms with Gasteiger partial charge in [-0.15, -0.1) is 0 Å². The number of fused-ring (bicyclic) bond motifs is 1. The standard InChI is InChI=1S/C17H15FN2O/c18-15-6-7-16-14(10-15)8-9-20(16)12-17(21)19-11-13-4-2-1-3-5-13/h1-10H,11-12H2,(H,19,21). The van der Waals surface area contributed by atoms with Crippen LogP contribution in [0.1, 0.15) is 5.56 Å². The summed E-state index contributed by atoms with van der Waals surface area (Å²) in [7, 11) is 0. The lowest BCUT2D eigenvalue weighted by molar-refractivity contribution is -0.121. The molecule has 21 heavy (non-hydrogen) atoms. The maximum absolute atomic E-state index is 13.1. The van der Waals surface area contributed by atoms with E-state index in [4.69, 9.17) is 0 Å². The van der Waals surface area contributed by atoms with Crippen molar-refractivity contribution in [2.24, 2.45) is 0 Å². The molecule has 1 heterocycles. The molecule has 0 fully saturated rings. The molecule has 0 unspecified atom stereocenters. The molecule has 0 spiro atoms. The van der Waals surface area contributed by atoms with Crippen molar-refractivity contribution >= 4 is 16.8 Å². The topological polar surface area (TPSA) is 34.0 Å². The van der Waals surface area contributed by atoms with Crippen molar-refractivity contribution in [3.05, 3.63) is 72.2 Å². The summed E-state index contributed by atoms with van der Waals surface area (Å²) in [5.74, 6) is -0.338. The quantitative estimate of drug-likeness (QED) is 0.784. The van der Waals surface area contributed by atoms with Crippen LogP contribution in [-0.2, 0) is 17.9 Å². The zero-order chi connectivity index (χ0) is 14.7. The minimum Gasteiger partial charge on any atom is -0.350 e. The Kier molecular flexibility index (Phi) is 3.69. The summed E-state index contributed by atoms with van der Waals surface area (Å²) in [5.41, 5.74) is 1.91. The van der Waals surface area contributed by atoms with E-state index in [0.29, 0.717) is 6.54 Å². The van der Waals surface area contributed by atoms with Gasteiger partial charge >= 0.3 is 0 Å². The Balaban J connectivity index is 1.66. The van der Waals surface area contributed by atoms with E-state index in [2.05, 4.69) is 5.32 Å². The smallest absolute Gasteiger partial charge is 0.240 e. The van der Waals surface area contributed by atoms with E-state index in [1.54, 1.807) is 12.3 Å². The van der Waals surface area contributed by atoms with Gasteiger partial charge in [-0.1, -0.05) is 30.3 Å². The van der Waals surface area contributed by atoms with Crippen molar-refractivity contribution in [3.63, 3.8) is 0 Å². The number of amides is 1. The summed E-state index contributed by atoms with van der Waals surface area (Å²) in [6.07, 6.45) is 1.80. The Morgan fingerprint density at radius 3 is 2.71 bits per heavy atom. The molecule has 3 aromatic rings. The van der Waals surface area contributed by atoms with E-state index in [0.717, 1.165) is 16.5 Å². The van der Waals surface area contributed by atoms with Gasteiger partial charge in [0.25, 0.3) is 0 Å². The third-order valence-corrected chi connectivity index (χ3v) is 3.38. The lowest BCUT2D eigenvalue weighted by atomic mass is 10.2. The van der Waals surface area contributed by atoms with Crippen LogP contribution in [0.2, 0.25) is 0 Å². The van der Waals surface area contributed by atoms with Gasteiger partial charge in [-0.3, -0.25) is 4.79 Å². The van der Waals surface area contributed by atoms with Gasteiger partial charge in [-0.2, -0.15) is 0 Å². The van der Waals surface area contributed by atoms with E-state index in [-0.39, 0.29) is 18.3 Å². The summed E-state index contributed by atoms with van der Waals surface area (Å²) in [5, 5.41) is 3.68. The van der Waals surface area contributed by atoms with Crippen LogP contribution in [0.4, 0.5) is 4.39 Å². The van der Waals surface area contributed by atoms with Crippen LogP contribution in [-0.4, -0.2) is 10.5 Å². The maximum Gasteiger partial charge on any atom is 0.240 e. The molecule has 0 radical (unpaired) electrons. The Labute approximate surface area is 122 Å². The minimum absolute atomic E-state index is 0.0688. The third-order valence-electron chi connectivity index (χ3n) is 3.38. The summed E-state index contributed by atoms with van der Waals surface area (Å²) in [6, 6.07) is 16.1. The van der Waals surface area contributed by atoms with E-state index >= 15 is 0 Å². The van der Waals surface area contributed by atoms with E-state index in [9.17, 15) is 9.18 Å². The first-order chi connectivity index (χ1) is 10.2. The van der Waals surface area contributed by atoms with Gasteiger partial charge in [-0.05, 0) is 29.8 Å². The molecule has 1 amide bonds. The van der Waals surface area contributed by atoms with E-state index in [1.165, 1.54) is 12.1 Å². The van der Waals surface area contributed by atoms with E-state index < -0.39 is 0 Å². The summed E-state index contributed by atoms with van der Waals surface area (Å²) < 4.78 is 14.9. The highest BCUT2D eigenvalue weighted by Gasteiger charge is 2.06. The molecule has 3 rings (SSSR count). The number of rotatable bonds is 4. The van der Waals surface area contributed by atoms with Crippen molar-refractivity contribution in [3.8, 4) is 0 Å². The van der Waals surface area contributed by atoms with Crippen LogP contribution in [0.3, 0.4) is 0 Å². The second-order valence-electron chi connectivity index (χ2n) is 4.91. The zero-order valence-corrected chi connectivity index (χ0v) is 11.4. The van der Waals surface area contributed by atoms with Crippen molar-refractivity contribution in [2.45, 2.75) is 13.1 Å². The molecule has 3 nitrogen and oxygen atoms in total. The fourth-order valence-electron chi connectivity index (χ4n) is 2.32. The number of nitrogens with zero attached hydrogens (tertiary/aromatic N) is 1. The van der Waals surface area contributed by atoms with Gasteiger partial charge in [0.05, 0.1) is 0 Å². The molecule has 0 aliphatic carbocycles. The molecular weight excluding hydrogens is 267 g/mol. The van der Waals surface area contributed by atoms with Gasteiger partial charge in [0.2, 0.25) is 5.91 Å². The van der Waals surface area contributed by atoms with Gasteiger partial charge in [-0.25, -0.2) is 4.39 Å². The number of benzene rings is 2. The SMILES string of the molecule is O=C(Cn1ccc2cc(F)ccc21)NCc1ccccc1. The minimum atomic E-state index is -0.270. The molecule has 106 valence electrons. The third kappa shape index (κ3) is 3.11. The fraction of sp³-hybridized carbons (Fsp3) is 0.118. The molecule has 0 saturated carbocycles. The molecule has 1 aromatic heterocycles. The fourth-order valence-corrected chi connectivity index (χ4v) is 2.32. The molecule has 0 bridgehead atoms. The number of aromatic nitrogens is 1. The Bertz CT molecular complexity index is 765. The van der Waals surface area contributed by atoms with Crippen LogP contribution in [0, 0.1) is 5.82 Å². The first-order valence-corrected chi connectivity index (χ1v) is 6.77. The summed E-state index contributed by atoms with van der Waals surface area (Å²) in [4.78, 5) is 12.0. The molecule has 1 N–H and O–H groups in total. The van der Waals surface area contributed by atoms with Crippen LogP contribution < -0.4 is 5.32 Å². The highest BCUT2D eigenvalue weighted by atomic mass is 19.1. The molecule has 0 aliphatic heterocycles. The van der Waals surface area contributed by atoms with Crippen LogP contribution in [0.5, 0.6) is 0 Å². The van der Waals surface area contributed by atoms with Crippen LogP contribution >= 0.6 is 0 Å². The van der Waals surface area contributed by atoms with E-state index in [1.807, 2.05) is 41.0 Å². The maximum atomic E-state index is 13.1. The first-order valence-electron chi connectivity index (χ1n) is 6.77. The second-order valence-corrected chi connectivity index (χ2v) is 4.91. The summed E-state index contributed by atoms with van der Waals surface area (Å²) >= 11 is 0. The number of nitrogens with one attached hydrogen (secondary N) is 1.